The predicted octanol–water partition coefficient (Wildman–Crippen LogP) is 2.97. The van der Waals surface area contributed by atoms with Crippen LogP contribution in [-0.4, -0.2) is 34.2 Å². The molecule has 0 saturated carbocycles. The van der Waals surface area contributed by atoms with E-state index in [4.69, 9.17) is 8.94 Å². The van der Waals surface area contributed by atoms with Crippen LogP contribution in [0, 0.1) is 6.92 Å². The van der Waals surface area contributed by atoms with E-state index in [1.54, 1.807) is 6.20 Å². The average molecular weight is 476 g/mol. The number of aryl methyl sites for hydroxylation is 2. The van der Waals surface area contributed by atoms with Crippen LogP contribution in [0.4, 0.5) is 0 Å². The molecule has 0 aliphatic carbocycles. The van der Waals surface area contributed by atoms with Crippen molar-refractivity contribution in [3.63, 3.8) is 0 Å². The Morgan fingerprint density at radius 3 is 2.58 bits per heavy atom. The molecule has 0 unspecified atom stereocenters. The zero-order valence-corrected chi connectivity index (χ0v) is 18.5. The van der Waals surface area contributed by atoms with E-state index in [1.165, 1.54) is 0 Å². The van der Waals surface area contributed by atoms with E-state index in [1.807, 2.05) is 13.8 Å². The molecule has 2 heterocycles. The Labute approximate surface area is 171 Å². The molecule has 0 amide bonds. The zero-order chi connectivity index (χ0) is 18.3. The first-order chi connectivity index (χ1) is 11.9. The van der Waals surface area contributed by atoms with E-state index < -0.39 is 0 Å². The maximum absolute atomic E-state index is 5.76. The van der Waals surface area contributed by atoms with Crippen LogP contribution in [0.5, 0.6) is 0 Å². The summed E-state index contributed by atoms with van der Waals surface area (Å²) in [6, 6.07) is 0. The van der Waals surface area contributed by atoms with Gasteiger partial charge in [-0.3, -0.25) is 0 Å². The smallest absolute Gasteiger partial charge is 0.226 e. The van der Waals surface area contributed by atoms with Crippen LogP contribution in [0.2, 0.25) is 0 Å². The van der Waals surface area contributed by atoms with E-state index in [0.717, 1.165) is 37.7 Å². The molecular weight excluding hydrogens is 447 g/mol. The number of hydrogen-bond acceptors (Lipinski definition) is 6. The van der Waals surface area contributed by atoms with Gasteiger partial charge in [0.25, 0.3) is 0 Å². The standard InChI is InChI=1S/C17H28N6O2.HI/c1-6-18-16(19-9-7-8-14-22-12(2)23-25-14)21-11-15-20-10-13(24-15)17(3,4)5;/h10H,6-9,11H2,1-5H3,(H2,18,19,21);1H. The van der Waals surface area contributed by atoms with Gasteiger partial charge in [-0.1, -0.05) is 25.9 Å². The summed E-state index contributed by atoms with van der Waals surface area (Å²) >= 11 is 0. The number of rotatable bonds is 7. The first kappa shape index (κ1) is 22.4. The van der Waals surface area contributed by atoms with Gasteiger partial charge in [-0.25, -0.2) is 9.98 Å². The van der Waals surface area contributed by atoms with E-state index in [9.17, 15) is 0 Å². The van der Waals surface area contributed by atoms with Crippen LogP contribution >= 0.6 is 24.0 Å². The lowest BCUT2D eigenvalue weighted by Gasteiger charge is -2.13. The number of oxazole rings is 1. The fourth-order valence-corrected chi connectivity index (χ4v) is 2.11. The van der Waals surface area contributed by atoms with Crippen LogP contribution in [0.25, 0.3) is 0 Å². The number of aromatic nitrogens is 3. The summed E-state index contributed by atoms with van der Waals surface area (Å²) in [4.78, 5) is 13.0. The Bertz CT molecular complexity index is 689. The van der Waals surface area contributed by atoms with Crippen molar-refractivity contribution in [1.29, 1.82) is 0 Å². The molecule has 0 atom stereocenters. The summed E-state index contributed by atoms with van der Waals surface area (Å²) in [5.41, 5.74) is -0.0508. The van der Waals surface area contributed by atoms with E-state index in [-0.39, 0.29) is 29.4 Å². The van der Waals surface area contributed by atoms with Crippen molar-refractivity contribution >= 4 is 29.9 Å². The van der Waals surface area contributed by atoms with Gasteiger partial charge >= 0.3 is 0 Å². The largest absolute Gasteiger partial charge is 0.443 e. The van der Waals surface area contributed by atoms with Crippen molar-refractivity contribution in [1.82, 2.24) is 25.8 Å². The molecule has 0 aliphatic rings. The van der Waals surface area contributed by atoms with Crippen LogP contribution in [-0.2, 0) is 18.4 Å². The Kier molecular flexibility index (Phi) is 9.03. The van der Waals surface area contributed by atoms with Crippen molar-refractivity contribution in [2.45, 2.75) is 59.4 Å². The molecule has 0 spiro atoms. The highest BCUT2D eigenvalue weighted by Crippen LogP contribution is 2.22. The highest BCUT2D eigenvalue weighted by molar-refractivity contribution is 14.0. The molecule has 146 valence electrons. The molecule has 0 bridgehead atoms. The molecule has 0 aromatic carbocycles. The average Bonchev–Trinajstić information content (AvgIpc) is 3.17. The van der Waals surface area contributed by atoms with Gasteiger partial charge in [-0.15, -0.1) is 24.0 Å². The molecule has 2 aromatic heterocycles. The molecule has 9 heteroatoms. The molecule has 0 radical (unpaired) electrons. The van der Waals surface area contributed by atoms with Crippen molar-refractivity contribution in [3.05, 3.63) is 29.6 Å². The molecule has 0 fully saturated rings. The predicted molar refractivity (Wildman–Crippen MR) is 111 cm³/mol. The lowest BCUT2D eigenvalue weighted by atomic mass is 9.94. The Morgan fingerprint density at radius 1 is 1.23 bits per heavy atom. The molecule has 0 aliphatic heterocycles. The summed E-state index contributed by atoms with van der Waals surface area (Å²) in [5.74, 6) is 3.54. The topological polar surface area (TPSA) is 101 Å². The lowest BCUT2D eigenvalue weighted by molar-refractivity contribution is 0.372. The second-order valence-electron chi connectivity index (χ2n) is 6.83. The van der Waals surface area contributed by atoms with E-state index >= 15 is 0 Å². The number of halogens is 1. The molecular formula is C17H29IN6O2. The molecule has 2 aromatic rings. The van der Waals surface area contributed by atoms with Gasteiger partial charge in [-0.05, 0) is 20.3 Å². The van der Waals surface area contributed by atoms with Crippen molar-refractivity contribution in [2.75, 3.05) is 13.1 Å². The van der Waals surface area contributed by atoms with Crippen LogP contribution < -0.4 is 10.6 Å². The first-order valence-electron chi connectivity index (χ1n) is 8.65. The minimum Gasteiger partial charge on any atom is -0.443 e. The third-order valence-corrected chi connectivity index (χ3v) is 3.44. The zero-order valence-electron chi connectivity index (χ0n) is 16.1. The summed E-state index contributed by atoms with van der Waals surface area (Å²) in [6.45, 7) is 12.1. The maximum atomic E-state index is 5.76. The van der Waals surface area contributed by atoms with Gasteiger partial charge in [0.15, 0.2) is 11.8 Å². The number of hydrogen-bond donors (Lipinski definition) is 2. The van der Waals surface area contributed by atoms with Crippen molar-refractivity contribution in [3.8, 4) is 0 Å². The summed E-state index contributed by atoms with van der Waals surface area (Å²) < 4.78 is 10.9. The number of nitrogens with zero attached hydrogens (tertiary/aromatic N) is 4. The second kappa shape index (κ2) is 10.5. The van der Waals surface area contributed by atoms with Gasteiger partial charge in [-0.2, -0.15) is 4.98 Å². The Balaban J connectivity index is 0.00000338. The summed E-state index contributed by atoms with van der Waals surface area (Å²) in [6.07, 6.45) is 3.39. The van der Waals surface area contributed by atoms with Gasteiger partial charge in [0, 0.05) is 24.9 Å². The maximum Gasteiger partial charge on any atom is 0.226 e. The number of aliphatic imine (C=N–C) groups is 1. The van der Waals surface area contributed by atoms with Crippen molar-refractivity contribution in [2.24, 2.45) is 4.99 Å². The van der Waals surface area contributed by atoms with Crippen molar-refractivity contribution < 1.29 is 8.94 Å². The quantitative estimate of drug-likeness (QED) is 0.274. The normalized spacial score (nSPS) is 12.0. The van der Waals surface area contributed by atoms with Crippen LogP contribution in [0.15, 0.2) is 20.1 Å². The molecule has 8 nitrogen and oxygen atoms in total. The van der Waals surface area contributed by atoms with Gasteiger partial charge in [0.2, 0.25) is 11.8 Å². The molecule has 0 saturated heterocycles. The lowest BCUT2D eigenvalue weighted by Crippen LogP contribution is -2.37. The summed E-state index contributed by atoms with van der Waals surface area (Å²) in [5, 5.41) is 10.3. The van der Waals surface area contributed by atoms with Crippen LogP contribution in [0.1, 0.15) is 57.5 Å². The fourth-order valence-electron chi connectivity index (χ4n) is 2.11. The third kappa shape index (κ3) is 7.30. The number of guanidine groups is 1. The van der Waals surface area contributed by atoms with Gasteiger partial charge in [0.1, 0.15) is 12.3 Å². The van der Waals surface area contributed by atoms with Crippen LogP contribution in [0.3, 0.4) is 0 Å². The Morgan fingerprint density at radius 2 is 2.00 bits per heavy atom. The highest BCUT2D eigenvalue weighted by atomic mass is 127. The third-order valence-electron chi connectivity index (χ3n) is 3.44. The van der Waals surface area contributed by atoms with E-state index in [2.05, 4.69) is 51.5 Å². The highest BCUT2D eigenvalue weighted by Gasteiger charge is 2.19. The number of nitrogens with one attached hydrogen (secondary N) is 2. The minimum atomic E-state index is -0.0508. The fraction of sp³-hybridized carbons (Fsp3) is 0.647. The van der Waals surface area contributed by atoms with Gasteiger partial charge < -0.3 is 19.6 Å². The Hall–Kier alpha value is -1.65. The SMILES string of the molecule is CCNC(=NCc1ncc(C(C)(C)C)o1)NCCCc1nc(C)no1.I. The second-order valence-corrected chi connectivity index (χ2v) is 6.83. The molecule has 2 N–H and O–H groups in total. The summed E-state index contributed by atoms with van der Waals surface area (Å²) in [7, 11) is 0. The first-order valence-corrected chi connectivity index (χ1v) is 8.65. The minimum absolute atomic E-state index is 0. The molecule has 2 rings (SSSR count). The van der Waals surface area contributed by atoms with Gasteiger partial charge in [0.05, 0.1) is 6.20 Å². The molecule has 26 heavy (non-hydrogen) atoms. The van der Waals surface area contributed by atoms with E-state index in [0.29, 0.717) is 24.2 Å². The monoisotopic (exact) mass is 476 g/mol.